The third-order valence-electron chi connectivity index (χ3n) is 3.35. The molecular weight excluding hydrogens is 401 g/mol. The second-order valence-electron chi connectivity index (χ2n) is 4.59. The van der Waals surface area contributed by atoms with Gasteiger partial charge in [-0.3, -0.25) is 0 Å². The predicted octanol–water partition coefficient (Wildman–Crippen LogP) is 5.15. The molecule has 18 heavy (non-hydrogen) atoms. The lowest BCUT2D eigenvalue weighted by Crippen LogP contribution is -2.06. The van der Waals surface area contributed by atoms with Crippen LogP contribution in [0.2, 0.25) is 0 Å². The minimum atomic E-state index is 0.450. The molecule has 1 aliphatic carbocycles. The van der Waals surface area contributed by atoms with Crippen LogP contribution in [0.25, 0.3) is 0 Å². The van der Waals surface area contributed by atoms with Crippen molar-refractivity contribution >= 4 is 44.2 Å². The third-order valence-corrected chi connectivity index (χ3v) is 4.51. The lowest BCUT2D eigenvalue weighted by Gasteiger charge is -2.15. The molecule has 0 aromatic heterocycles. The molecule has 3 heteroatoms. The summed E-state index contributed by atoms with van der Waals surface area (Å²) in [6.45, 7) is 0. The van der Waals surface area contributed by atoms with Crippen LogP contribution in [0.15, 0.2) is 46.9 Å². The number of benzene rings is 2. The SMILES string of the molecule is Brc1ccc2c(c1)CCC2Nc1cccc(I)c1. The summed E-state index contributed by atoms with van der Waals surface area (Å²) in [7, 11) is 0. The van der Waals surface area contributed by atoms with Gasteiger partial charge in [-0.25, -0.2) is 0 Å². The van der Waals surface area contributed by atoms with Gasteiger partial charge in [-0.1, -0.05) is 28.1 Å². The fourth-order valence-electron chi connectivity index (χ4n) is 2.52. The summed E-state index contributed by atoms with van der Waals surface area (Å²) in [6.07, 6.45) is 2.34. The van der Waals surface area contributed by atoms with Gasteiger partial charge in [-0.05, 0) is 76.9 Å². The molecule has 1 nitrogen and oxygen atoms in total. The zero-order chi connectivity index (χ0) is 12.5. The van der Waals surface area contributed by atoms with E-state index in [2.05, 4.69) is 86.3 Å². The monoisotopic (exact) mass is 413 g/mol. The van der Waals surface area contributed by atoms with Crippen LogP contribution in [0.1, 0.15) is 23.6 Å². The van der Waals surface area contributed by atoms with Crippen molar-refractivity contribution in [2.45, 2.75) is 18.9 Å². The number of aryl methyl sites for hydroxylation is 1. The minimum absolute atomic E-state index is 0.450. The average molecular weight is 414 g/mol. The molecule has 0 amide bonds. The van der Waals surface area contributed by atoms with E-state index in [4.69, 9.17) is 0 Å². The Morgan fingerprint density at radius 2 is 2.06 bits per heavy atom. The van der Waals surface area contributed by atoms with Gasteiger partial charge in [0, 0.05) is 13.7 Å². The first-order chi connectivity index (χ1) is 8.72. The molecule has 0 spiro atoms. The summed E-state index contributed by atoms with van der Waals surface area (Å²) < 4.78 is 2.45. The standard InChI is InChI=1S/C15H13BrIN/c16-11-5-6-14-10(8-11)4-7-15(14)18-13-3-1-2-12(17)9-13/h1-3,5-6,8-9,15,18H,4,7H2. The van der Waals surface area contributed by atoms with Crippen molar-refractivity contribution in [3.05, 3.63) is 61.6 Å². The highest BCUT2D eigenvalue weighted by atomic mass is 127. The van der Waals surface area contributed by atoms with E-state index in [0.29, 0.717) is 6.04 Å². The molecule has 0 fully saturated rings. The highest BCUT2D eigenvalue weighted by Crippen LogP contribution is 2.35. The first-order valence-electron chi connectivity index (χ1n) is 6.03. The Balaban J connectivity index is 1.85. The van der Waals surface area contributed by atoms with E-state index in [-0.39, 0.29) is 0 Å². The maximum absolute atomic E-state index is 3.64. The summed E-state index contributed by atoms with van der Waals surface area (Å²) in [5, 5.41) is 3.64. The van der Waals surface area contributed by atoms with Crippen LogP contribution in [0.3, 0.4) is 0 Å². The number of nitrogens with one attached hydrogen (secondary N) is 1. The van der Waals surface area contributed by atoms with E-state index in [1.165, 1.54) is 31.3 Å². The number of hydrogen-bond acceptors (Lipinski definition) is 1. The molecule has 0 saturated heterocycles. The molecular formula is C15H13BrIN. The Morgan fingerprint density at radius 3 is 2.89 bits per heavy atom. The maximum atomic E-state index is 3.64. The highest BCUT2D eigenvalue weighted by molar-refractivity contribution is 14.1. The molecule has 0 heterocycles. The van der Waals surface area contributed by atoms with Crippen molar-refractivity contribution in [2.75, 3.05) is 5.32 Å². The van der Waals surface area contributed by atoms with Gasteiger partial charge < -0.3 is 5.32 Å². The third kappa shape index (κ3) is 2.57. The second kappa shape index (κ2) is 5.21. The van der Waals surface area contributed by atoms with E-state index in [0.717, 1.165) is 6.42 Å². The van der Waals surface area contributed by atoms with Gasteiger partial charge in [-0.15, -0.1) is 0 Å². The van der Waals surface area contributed by atoms with Crippen molar-refractivity contribution in [2.24, 2.45) is 0 Å². The number of anilines is 1. The van der Waals surface area contributed by atoms with E-state index in [1.807, 2.05) is 0 Å². The number of rotatable bonds is 2. The Kier molecular flexibility index (Phi) is 3.61. The number of hydrogen-bond donors (Lipinski definition) is 1. The molecule has 1 unspecified atom stereocenters. The zero-order valence-corrected chi connectivity index (χ0v) is 13.5. The van der Waals surface area contributed by atoms with Gasteiger partial charge in [-0.2, -0.15) is 0 Å². The molecule has 2 aromatic rings. The molecule has 3 rings (SSSR count). The van der Waals surface area contributed by atoms with Gasteiger partial charge in [0.25, 0.3) is 0 Å². The lowest BCUT2D eigenvalue weighted by atomic mass is 10.1. The molecule has 0 aliphatic heterocycles. The van der Waals surface area contributed by atoms with Crippen molar-refractivity contribution in [3.8, 4) is 0 Å². The van der Waals surface area contributed by atoms with E-state index in [9.17, 15) is 0 Å². The topological polar surface area (TPSA) is 12.0 Å². The largest absolute Gasteiger partial charge is 0.378 e. The minimum Gasteiger partial charge on any atom is -0.378 e. The number of halogens is 2. The Labute approximate surface area is 129 Å². The molecule has 1 N–H and O–H groups in total. The molecule has 0 saturated carbocycles. The van der Waals surface area contributed by atoms with E-state index < -0.39 is 0 Å². The normalized spacial score (nSPS) is 17.6. The van der Waals surface area contributed by atoms with Crippen LogP contribution in [-0.4, -0.2) is 0 Å². The Hall–Kier alpha value is -0.550. The molecule has 1 atom stereocenters. The van der Waals surface area contributed by atoms with E-state index >= 15 is 0 Å². The molecule has 0 bridgehead atoms. The molecule has 92 valence electrons. The van der Waals surface area contributed by atoms with Crippen LogP contribution < -0.4 is 5.32 Å². The van der Waals surface area contributed by atoms with Crippen LogP contribution in [0.4, 0.5) is 5.69 Å². The molecule has 0 radical (unpaired) electrons. The fourth-order valence-corrected chi connectivity index (χ4v) is 3.47. The summed E-state index contributed by atoms with van der Waals surface area (Å²) in [4.78, 5) is 0. The first-order valence-corrected chi connectivity index (χ1v) is 7.90. The predicted molar refractivity (Wildman–Crippen MR) is 88.0 cm³/mol. The molecule has 1 aliphatic rings. The van der Waals surface area contributed by atoms with Crippen LogP contribution in [0, 0.1) is 3.57 Å². The average Bonchev–Trinajstić information content (AvgIpc) is 2.72. The smallest absolute Gasteiger partial charge is 0.0519 e. The van der Waals surface area contributed by atoms with Crippen LogP contribution >= 0.6 is 38.5 Å². The molecule has 2 aromatic carbocycles. The lowest BCUT2D eigenvalue weighted by molar-refractivity contribution is 0.762. The van der Waals surface area contributed by atoms with Gasteiger partial charge in [0.2, 0.25) is 0 Å². The van der Waals surface area contributed by atoms with Crippen molar-refractivity contribution < 1.29 is 0 Å². The summed E-state index contributed by atoms with van der Waals surface area (Å²) in [6, 6.07) is 15.6. The van der Waals surface area contributed by atoms with Gasteiger partial charge in [0.15, 0.2) is 0 Å². The summed E-state index contributed by atoms with van der Waals surface area (Å²) >= 11 is 5.89. The van der Waals surface area contributed by atoms with Crippen LogP contribution in [0.5, 0.6) is 0 Å². The van der Waals surface area contributed by atoms with Gasteiger partial charge in [0.05, 0.1) is 6.04 Å². The van der Waals surface area contributed by atoms with Crippen LogP contribution in [-0.2, 0) is 6.42 Å². The number of fused-ring (bicyclic) bond motifs is 1. The maximum Gasteiger partial charge on any atom is 0.0519 e. The summed E-state index contributed by atoms with van der Waals surface area (Å²) in [5.74, 6) is 0. The first kappa shape index (κ1) is 12.5. The quantitative estimate of drug-likeness (QED) is 0.671. The zero-order valence-electron chi connectivity index (χ0n) is 9.79. The van der Waals surface area contributed by atoms with Gasteiger partial charge in [0.1, 0.15) is 0 Å². The van der Waals surface area contributed by atoms with Gasteiger partial charge >= 0.3 is 0 Å². The van der Waals surface area contributed by atoms with E-state index in [1.54, 1.807) is 0 Å². The summed E-state index contributed by atoms with van der Waals surface area (Å²) in [5.41, 5.74) is 4.12. The van der Waals surface area contributed by atoms with Crippen molar-refractivity contribution in [1.29, 1.82) is 0 Å². The Morgan fingerprint density at radius 1 is 1.17 bits per heavy atom. The highest BCUT2D eigenvalue weighted by Gasteiger charge is 2.22. The fraction of sp³-hybridized carbons (Fsp3) is 0.200. The van der Waals surface area contributed by atoms with Crippen molar-refractivity contribution in [3.63, 3.8) is 0 Å². The second-order valence-corrected chi connectivity index (χ2v) is 6.75. The Bertz CT molecular complexity index is 582. The van der Waals surface area contributed by atoms with Crippen molar-refractivity contribution in [1.82, 2.24) is 0 Å².